The second kappa shape index (κ2) is 57.4. The summed E-state index contributed by atoms with van der Waals surface area (Å²) < 4.78 is 0. The third kappa shape index (κ3) is 53.1. The van der Waals surface area contributed by atoms with E-state index in [2.05, 4.69) is 67.8 Å². The molecule has 0 aliphatic rings. The van der Waals surface area contributed by atoms with E-state index in [4.69, 9.17) is 0 Å². The largest absolute Gasteiger partial charge is 0.394 e. The Morgan fingerprint density at radius 3 is 0.970 bits per heavy atom. The Bertz CT molecular complexity index is 1090. The van der Waals surface area contributed by atoms with Gasteiger partial charge in [-0.2, -0.15) is 0 Å². The predicted molar refractivity (Wildman–Crippen MR) is 294 cm³/mol. The summed E-state index contributed by atoms with van der Waals surface area (Å²) in [6.45, 7) is 4.29. The molecule has 386 valence electrons. The minimum Gasteiger partial charge on any atom is -0.394 e. The van der Waals surface area contributed by atoms with E-state index in [1.165, 1.54) is 244 Å². The number of unbranched alkanes of at least 4 members (excludes halogenated alkanes) is 39. The second-order valence-electron chi connectivity index (χ2n) is 20.0. The van der Waals surface area contributed by atoms with Gasteiger partial charge >= 0.3 is 0 Å². The Hall–Kier alpha value is -1.91. The molecule has 1 amide bonds. The van der Waals surface area contributed by atoms with E-state index in [0.717, 1.165) is 44.9 Å². The van der Waals surface area contributed by atoms with E-state index in [1.807, 2.05) is 6.08 Å². The smallest absolute Gasteiger partial charge is 0.220 e. The normalized spacial score (nSPS) is 13.2. The fourth-order valence-corrected chi connectivity index (χ4v) is 8.95. The highest BCUT2D eigenvalue weighted by Crippen LogP contribution is 2.17. The van der Waals surface area contributed by atoms with E-state index in [1.54, 1.807) is 6.08 Å². The fourth-order valence-electron chi connectivity index (χ4n) is 8.95. The van der Waals surface area contributed by atoms with Gasteiger partial charge in [-0.3, -0.25) is 4.79 Å². The van der Waals surface area contributed by atoms with Crippen molar-refractivity contribution in [3.05, 3.63) is 60.8 Å². The van der Waals surface area contributed by atoms with Gasteiger partial charge < -0.3 is 15.5 Å². The highest BCUT2D eigenvalue weighted by Gasteiger charge is 2.18. The fraction of sp³-hybridized carbons (Fsp3) is 0.823. The molecule has 2 unspecified atom stereocenters. The molecular weight excluding hydrogens is 807 g/mol. The van der Waals surface area contributed by atoms with Crippen LogP contribution in [0.2, 0.25) is 0 Å². The van der Waals surface area contributed by atoms with Crippen LogP contribution in [0.4, 0.5) is 0 Å². The lowest BCUT2D eigenvalue weighted by Gasteiger charge is -2.19. The molecular formula is C62H115NO3. The van der Waals surface area contributed by atoms with Gasteiger partial charge in [0.25, 0.3) is 0 Å². The zero-order valence-electron chi connectivity index (χ0n) is 44.5. The monoisotopic (exact) mass is 922 g/mol. The maximum atomic E-state index is 12.5. The zero-order valence-corrected chi connectivity index (χ0v) is 44.5. The molecule has 0 aromatic heterocycles. The first-order valence-electron chi connectivity index (χ1n) is 29.5. The second-order valence-corrected chi connectivity index (χ2v) is 20.0. The van der Waals surface area contributed by atoms with Gasteiger partial charge in [0, 0.05) is 6.42 Å². The van der Waals surface area contributed by atoms with Crippen molar-refractivity contribution in [1.82, 2.24) is 5.32 Å². The van der Waals surface area contributed by atoms with Crippen LogP contribution in [0, 0.1) is 0 Å². The summed E-state index contributed by atoms with van der Waals surface area (Å²) in [4.78, 5) is 12.5. The van der Waals surface area contributed by atoms with Gasteiger partial charge in [-0.15, -0.1) is 0 Å². The molecule has 0 aliphatic heterocycles. The molecule has 0 bridgehead atoms. The van der Waals surface area contributed by atoms with Gasteiger partial charge in [0.05, 0.1) is 18.8 Å². The Balaban J connectivity index is 3.45. The Morgan fingerprint density at radius 1 is 0.364 bits per heavy atom. The van der Waals surface area contributed by atoms with Crippen molar-refractivity contribution in [2.24, 2.45) is 0 Å². The van der Waals surface area contributed by atoms with Crippen LogP contribution in [0.5, 0.6) is 0 Å². The summed E-state index contributed by atoms with van der Waals surface area (Å²) in [5, 5.41) is 23.1. The summed E-state index contributed by atoms with van der Waals surface area (Å²) in [7, 11) is 0. The summed E-state index contributed by atoms with van der Waals surface area (Å²) in [6, 6.07) is -0.645. The molecule has 0 saturated carbocycles. The lowest BCUT2D eigenvalue weighted by Crippen LogP contribution is -2.45. The Labute approximate surface area is 413 Å². The first kappa shape index (κ1) is 64.1. The standard InChI is InChI=1S/C62H115NO3/c1-3-5-7-9-11-13-15-17-19-21-22-23-24-25-26-27-28-29-30-31-32-33-34-35-36-37-38-39-40-42-44-46-48-50-52-54-56-58-62(66)63-60(59-64)61(65)57-55-53-51-49-47-45-43-41-20-18-16-14-12-10-8-6-4-2/h15,17,20-22,41,47,49,55,57,60-61,64-65H,3-14,16,18-19,23-40,42-46,48,50-54,56,58-59H2,1-2H3,(H,63,66)/b17-15-,22-21-,41-20+,49-47+,57-55+. The highest BCUT2D eigenvalue weighted by atomic mass is 16.3. The van der Waals surface area contributed by atoms with Crippen molar-refractivity contribution in [2.45, 2.75) is 321 Å². The van der Waals surface area contributed by atoms with Crippen molar-refractivity contribution in [3.8, 4) is 0 Å². The number of nitrogens with one attached hydrogen (secondary N) is 1. The molecule has 2 atom stereocenters. The average molecular weight is 923 g/mol. The summed E-state index contributed by atoms with van der Waals surface area (Å²) >= 11 is 0. The molecule has 66 heavy (non-hydrogen) atoms. The van der Waals surface area contributed by atoms with Gasteiger partial charge in [0.1, 0.15) is 0 Å². The third-order valence-corrected chi connectivity index (χ3v) is 13.5. The zero-order chi connectivity index (χ0) is 47.7. The lowest BCUT2D eigenvalue weighted by molar-refractivity contribution is -0.123. The number of hydrogen-bond acceptors (Lipinski definition) is 3. The number of carbonyl (C=O) groups excluding carboxylic acids is 1. The van der Waals surface area contributed by atoms with Gasteiger partial charge in [0.15, 0.2) is 0 Å². The maximum Gasteiger partial charge on any atom is 0.220 e. The quantitative estimate of drug-likeness (QED) is 0.0420. The summed E-state index contributed by atoms with van der Waals surface area (Å²) in [5.74, 6) is -0.0741. The number of carbonyl (C=O) groups is 1. The molecule has 0 saturated heterocycles. The van der Waals surface area contributed by atoms with Crippen molar-refractivity contribution < 1.29 is 15.0 Å². The highest BCUT2D eigenvalue weighted by molar-refractivity contribution is 5.76. The van der Waals surface area contributed by atoms with Crippen molar-refractivity contribution in [3.63, 3.8) is 0 Å². The van der Waals surface area contributed by atoms with Crippen molar-refractivity contribution in [1.29, 1.82) is 0 Å². The van der Waals surface area contributed by atoms with Crippen LogP contribution in [-0.4, -0.2) is 34.9 Å². The molecule has 0 aromatic carbocycles. The van der Waals surface area contributed by atoms with Gasteiger partial charge in [-0.25, -0.2) is 0 Å². The molecule has 0 heterocycles. The topological polar surface area (TPSA) is 69.6 Å². The molecule has 4 nitrogen and oxygen atoms in total. The van der Waals surface area contributed by atoms with Crippen LogP contribution in [0.15, 0.2) is 60.8 Å². The maximum absolute atomic E-state index is 12.5. The lowest BCUT2D eigenvalue weighted by atomic mass is 10.0. The molecule has 3 N–H and O–H groups in total. The van der Waals surface area contributed by atoms with Crippen LogP contribution in [0.25, 0.3) is 0 Å². The van der Waals surface area contributed by atoms with Gasteiger partial charge in [-0.05, 0) is 77.0 Å². The predicted octanol–water partition coefficient (Wildman–Crippen LogP) is 19.6. The van der Waals surface area contributed by atoms with Gasteiger partial charge in [0.2, 0.25) is 5.91 Å². The Morgan fingerprint density at radius 2 is 0.636 bits per heavy atom. The van der Waals surface area contributed by atoms with Crippen LogP contribution in [0.3, 0.4) is 0 Å². The number of amides is 1. The molecule has 0 aliphatic carbocycles. The van der Waals surface area contributed by atoms with Crippen molar-refractivity contribution >= 4 is 5.91 Å². The van der Waals surface area contributed by atoms with Crippen LogP contribution in [-0.2, 0) is 4.79 Å². The van der Waals surface area contributed by atoms with E-state index < -0.39 is 12.1 Å². The molecule has 4 heteroatoms. The molecule has 0 radical (unpaired) electrons. The number of allylic oxidation sites excluding steroid dienone is 9. The SMILES string of the molecule is CCCCCCC/C=C\C/C=C\CCCCCCCCCCCCCCCCCCCCCCCCCCCC(=O)NC(CO)C(O)/C=C/CC/C=C/CC/C=C/CCCCCCCCC. The molecule has 0 fully saturated rings. The van der Waals surface area contributed by atoms with Crippen LogP contribution >= 0.6 is 0 Å². The van der Waals surface area contributed by atoms with E-state index in [0.29, 0.717) is 6.42 Å². The van der Waals surface area contributed by atoms with Gasteiger partial charge in [-0.1, -0.05) is 286 Å². The molecule has 0 rings (SSSR count). The third-order valence-electron chi connectivity index (χ3n) is 13.5. The summed E-state index contributed by atoms with van der Waals surface area (Å²) in [6.07, 6.45) is 81.2. The minimum absolute atomic E-state index is 0.0741. The number of aliphatic hydroxyl groups is 2. The molecule has 0 aromatic rings. The first-order valence-corrected chi connectivity index (χ1v) is 29.5. The van der Waals surface area contributed by atoms with Crippen LogP contribution < -0.4 is 5.32 Å². The minimum atomic E-state index is -0.870. The average Bonchev–Trinajstić information content (AvgIpc) is 3.32. The number of hydrogen-bond donors (Lipinski definition) is 3. The number of rotatable bonds is 54. The molecule has 0 spiro atoms. The number of aliphatic hydroxyl groups excluding tert-OH is 2. The van der Waals surface area contributed by atoms with Crippen molar-refractivity contribution in [2.75, 3.05) is 6.61 Å². The van der Waals surface area contributed by atoms with Crippen LogP contribution in [0.1, 0.15) is 309 Å². The Kier molecular flexibility index (Phi) is 55.7. The first-order chi connectivity index (χ1) is 32.7. The van der Waals surface area contributed by atoms with E-state index in [9.17, 15) is 15.0 Å². The van der Waals surface area contributed by atoms with E-state index in [-0.39, 0.29) is 12.5 Å². The van der Waals surface area contributed by atoms with E-state index >= 15 is 0 Å². The summed E-state index contributed by atoms with van der Waals surface area (Å²) in [5.41, 5.74) is 0.